The molecule has 12 heteroatoms. The van der Waals surface area contributed by atoms with Gasteiger partial charge in [0, 0.05) is 29.5 Å². The lowest BCUT2D eigenvalue weighted by Crippen LogP contribution is -2.31. The maximum atomic E-state index is 12.8. The molecule has 0 saturated carbocycles. The number of rotatable bonds is 9. The smallest absolute Gasteiger partial charge is 0.406 e. The molecule has 3 rings (SSSR count). The maximum Gasteiger partial charge on any atom is 0.573 e. The van der Waals surface area contributed by atoms with Crippen molar-refractivity contribution >= 4 is 33.3 Å². The fourth-order valence-corrected chi connectivity index (χ4v) is 4.52. The number of hydrogen-bond acceptors (Lipinski definition) is 6. The predicted octanol–water partition coefficient (Wildman–Crippen LogP) is 4.80. The van der Waals surface area contributed by atoms with E-state index in [-0.39, 0.29) is 46.9 Å². The number of halogens is 3. The third-order valence-corrected chi connectivity index (χ3v) is 6.62. The first-order chi connectivity index (χ1) is 18.8. The van der Waals surface area contributed by atoms with Crippen molar-refractivity contribution in [3.8, 4) is 17.6 Å². The largest absolute Gasteiger partial charge is 0.573 e. The van der Waals surface area contributed by atoms with Crippen molar-refractivity contribution in [2.24, 2.45) is 0 Å². The zero-order chi connectivity index (χ0) is 29.3. The molecule has 0 bridgehead atoms. The number of carbonyl (C=O) groups is 3. The summed E-state index contributed by atoms with van der Waals surface area (Å²) in [7, 11) is -4.30. The van der Waals surface area contributed by atoms with Crippen molar-refractivity contribution < 1.29 is 40.7 Å². The summed E-state index contributed by atoms with van der Waals surface area (Å²) in [5, 5.41) is 2.52. The van der Waals surface area contributed by atoms with E-state index in [1.54, 1.807) is 12.1 Å². The minimum atomic E-state index is -4.79. The van der Waals surface area contributed by atoms with Crippen LogP contribution in [0.4, 0.5) is 18.9 Å². The molecular formula is C28H23F3N2O6S. The van der Waals surface area contributed by atoms with Crippen LogP contribution in [0.1, 0.15) is 47.7 Å². The Morgan fingerprint density at radius 3 is 2.00 bits per heavy atom. The van der Waals surface area contributed by atoms with Gasteiger partial charge in [0.2, 0.25) is 5.91 Å². The summed E-state index contributed by atoms with van der Waals surface area (Å²) >= 11 is 0. The molecule has 8 nitrogen and oxygen atoms in total. The number of benzene rings is 3. The maximum absolute atomic E-state index is 12.8. The average molecular weight is 573 g/mol. The zero-order valence-electron chi connectivity index (χ0n) is 21.0. The van der Waals surface area contributed by atoms with E-state index in [0.29, 0.717) is 11.1 Å². The van der Waals surface area contributed by atoms with Gasteiger partial charge >= 0.3 is 6.36 Å². The van der Waals surface area contributed by atoms with E-state index in [0.717, 1.165) is 12.1 Å². The average Bonchev–Trinajstić information content (AvgIpc) is 2.87. The molecule has 40 heavy (non-hydrogen) atoms. The summed E-state index contributed by atoms with van der Waals surface area (Å²) in [5.41, 5.74) is 1.11. The van der Waals surface area contributed by atoms with Gasteiger partial charge in [0.25, 0.3) is 15.9 Å². The topological polar surface area (TPSA) is 119 Å². The van der Waals surface area contributed by atoms with Crippen molar-refractivity contribution in [1.29, 1.82) is 0 Å². The molecule has 3 aromatic carbocycles. The van der Waals surface area contributed by atoms with Crippen LogP contribution in [0.15, 0.2) is 77.7 Å². The number of ether oxygens (including phenoxy) is 1. The highest BCUT2D eigenvalue weighted by Gasteiger charge is 2.31. The number of sulfonamides is 1. The van der Waals surface area contributed by atoms with Crippen molar-refractivity contribution in [1.82, 2.24) is 4.72 Å². The van der Waals surface area contributed by atoms with E-state index in [2.05, 4.69) is 21.9 Å². The number of Topliss-reactive ketones (excluding diaryl/α,β-unsaturated/α-hetero) is 1. The molecule has 0 heterocycles. The molecule has 2 amide bonds. The Labute approximate surface area is 228 Å². The number of para-hydroxylation sites is 1. The van der Waals surface area contributed by atoms with Gasteiger partial charge in [-0.3, -0.25) is 9.59 Å². The molecule has 0 unspecified atom stereocenters. The quantitative estimate of drug-likeness (QED) is 0.356. The lowest BCUT2D eigenvalue weighted by Gasteiger charge is -2.12. The van der Waals surface area contributed by atoms with Gasteiger partial charge in [-0.1, -0.05) is 24.0 Å². The summed E-state index contributed by atoms with van der Waals surface area (Å²) in [6, 6.07) is 16.6. The number of nitrogens with one attached hydrogen (secondary N) is 2. The molecule has 0 aromatic heterocycles. The third kappa shape index (κ3) is 9.28. The van der Waals surface area contributed by atoms with Crippen LogP contribution >= 0.6 is 0 Å². The Morgan fingerprint density at radius 1 is 0.850 bits per heavy atom. The molecule has 0 fully saturated rings. The lowest BCUT2D eigenvalue weighted by molar-refractivity contribution is -0.274. The van der Waals surface area contributed by atoms with E-state index in [1.165, 1.54) is 55.5 Å². The van der Waals surface area contributed by atoms with Gasteiger partial charge in [0.1, 0.15) is 16.4 Å². The van der Waals surface area contributed by atoms with Crippen molar-refractivity contribution in [2.75, 3.05) is 5.32 Å². The van der Waals surface area contributed by atoms with Crippen LogP contribution in [0.25, 0.3) is 0 Å². The summed E-state index contributed by atoms with van der Waals surface area (Å²) in [6.07, 6.45) is -4.58. The van der Waals surface area contributed by atoms with Crippen LogP contribution in [0.5, 0.6) is 5.75 Å². The first-order valence-electron chi connectivity index (χ1n) is 11.8. The molecule has 0 saturated heterocycles. The highest BCUT2D eigenvalue weighted by atomic mass is 32.2. The van der Waals surface area contributed by atoms with E-state index in [1.807, 2.05) is 4.72 Å². The Morgan fingerprint density at radius 2 is 1.43 bits per heavy atom. The molecule has 0 radical (unpaired) electrons. The number of ketones is 1. The van der Waals surface area contributed by atoms with E-state index >= 15 is 0 Å². The number of anilines is 1. The lowest BCUT2D eigenvalue weighted by atomic mass is 10.1. The first kappa shape index (κ1) is 29.9. The molecule has 0 aliphatic heterocycles. The van der Waals surface area contributed by atoms with Gasteiger partial charge in [-0.15, -0.1) is 13.2 Å². The Kier molecular flexibility index (Phi) is 9.68. The molecule has 0 aliphatic rings. The molecule has 0 aliphatic carbocycles. The second kappa shape index (κ2) is 12.9. The second-order valence-electron chi connectivity index (χ2n) is 8.43. The van der Waals surface area contributed by atoms with Gasteiger partial charge < -0.3 is 14.8 Å². The summed E-state index contributed by atoms with van der Waals surface area (Å²) in [6.45, 7) is 1.37. The van der Waals surface area contributed by atoms with Crippen LogP contribution in [0, 0.1) is 11.8 Å². The monoisotopic (exact) mass is 572 g/mol. The summed E-state index contributed by atoms with van der Waals surface area (Å²) < 4.78 is 68.1. The van der Waals surface area contributed by atoms with E-state index in [9.17, 15) is 36.0 Å². The summed E-state index contributed by atoms with van der Waals surface area (Å²) in [4.78, 5) is 35.6. The first-order valence-corrected chi connectivity index (χ1v) is 13.2. The number of carbonyl (C=O) groups excluding carboxylic acids is 3. The molecule has 2 N–H and O–H groups in total. The number of alkyl halides is 3. The second-order valence-corrected chi connectivity index (χ2v) is 10.1. The Bertz CT molecular complexity index is 1560. The summed E-state index contributed by atoms with van der Waals surface area (Å²) in [5.74, 6) is 3.75. The fourth-order valence-electron chi connectivity index (χ4n) is 3.34. The molecule has 0 spiro atoms. The fraction of sp³-hybridized carbons (Fsp3) is 0.179. The van der Waals surface area contributed by atoms with Crippen LogP contribution in [0.3, 0.4) is 0 Å². The van der Waals surface area contributed by atoms with Gasteiger partial charge in [0.05, 0.1) is 5.69 Å². The van der Waals surface area contributed by atoms with Crippen LogP contribution in [-0.2, 0) is 19.6 Å². The van der Waals surface area contributed by atoms with E-state index < -0.39 is 28.2 Å². The van der Waals surface area contributed by atoms with E-state index in [4.69, 9.17) is 0 Å². The molecular weight excluding hydrogens is 549 g/mol. The normalized spacial score (nSPS) is 11.1. The Balaban J connectivity index is 1.66. The standard InChI is InChI=1S/C28H23F3N2O6S/c1-19(34)5-4-8-26(35)33-40(37,38)25-7-3-2-6-24(25)32-27(36)22-15-11-20(12-16-22)9-10-21-13-17-23(18-14-21)39-28(29,30)31/h2-3,6-7,11-18H,4-5,8H2,1H3,(H,32,36)(H,33,35). The Hall–Kier alpha value is -4.63. The predicted molar refractivity (Wildman–Crippen MR) is 140 cm³/mol. The molecule has 208 valence electrons. The molecule has 0 atom stereocenters. The number of amides is 2. The van der Waals surface area contributed by atoms with Gasteiger partial charge in [-0.2, -0.15) is 0 Å². The minimum Gasteiger partial charge on any atom is -0.406 e. The zero-order valence-corrected chi connectivity index (χ0v) is 21.9. The molecule has 3 aromatic rings. The van der Waals surface area contributed by atoms with Crippen molar-refractivity contribution in [2.45, 2.75) is 37.4 Å². The third-order valence-electron chi connectivity index (χ3n) is 5.19. The highest BCUT2D eigenvalue weighted by molar-refractivity contribution is 7.90. The van der Waals surface area contributed by atoms with Crippen molar-refractivity contribution in [3.05, 3.63) is 89.5 Å². The highest BCUT2D eigenvalue weighted by Crippen LogP contribution is 2.23. The van der Waals surface area contributed by atoms with Crippen LogP contribution in [0.2, 0.25) is 0 Å². The van der Waals surface area contributed by atoms with Crippen LogP contribution in [-0.4, -0.2) is 32.4 Å². The van der Waals surface area contributed by atoms with Crippen molar-refractivity contribution in [3.63, 3.8) is 0 Å². The minimum absolute atomic E-state index is 0.0432. The van der Waals surface area contributed by atoms with Gasteiger partial charge in [-0.25, -0.2) is 13.1 Å². The van der Waals surface area contributed by atoms with Gasteiger partial charge in [0.15, 0.2) is 0 Å². The van der Waals surface area contributed by atoms with Crippen LogP contribution < -0.4 is 14.8 Å². The SMILES string of the molecule is CC(=O)CCCC(=O)NS(=O)(=O)c1ccccc1NC(=O)c1ccc(C#Cc2ccc(OC(F)(F)F)cc2)cc1. The number of hydrogen-bond donors (Lipinski definition) is 2. The van der Waals surface area contributed by atoms with Gasteiger partial charge in [-0.05, 0) is 74.0 Å².